The summed E-state index contributed by atoms with van der Waals surface area (Å²) in [7, 11) is 0. The van der Waals surface area contributed by atoms with Gasteiger partial charge in [0.1, 0.15) is 33.0 Å². The second kappa shape index (κ2) is 10.0. The number of furan rings is 1. The number of ether oxygens (including phenoxy) is 1. The molecule has 0 aliphatic carbocycles. The van der Waals surface area contributed by atoms with E-state index in [0.717, 1.165) is 16.5 Å². The first-order valence-corrected chi connectivity index (χ1v) is 11.5. The van der Waals surface area contributed by atoms with Gasteiger partial charge in [-0.2, -0.15) is 0 Å². The zero-order valence-corrected chi connectivity index (χ0v) is 19.9. The van der Waals surface area contributed by atoms with Crippen molar-refractivity contribution in [3.05, 3.63) is 76.2 Å². The summed E-state index contributed by atoms with van der Waals surface area (Å²) in [5, 5.41) is 15.8. The van der Waals surface area contributed by atoms with Crippen molar-refractivity contribution in [1.29, 1.82) is 0 Å². The average Bonchev–Trinajstić information content (AvgIpc) is 3.42. The zero-order valence-electron chi connectivity index (χ0n) is 19.1. The first-order chi connectivity index (χ1) is 16.3. The van der Waals surface area contributed by atoms with Crippen molar-refractivity contribution in [2.24, 2.45) is 0 Å². The van der Waals surface area contributed by atoms with Crippen LogP contribution in [0.25, 0.3) is 11.0 Å². The first kappa shape index (κ1) is 23.4. The summed E-state index contributed by atoms with van der Waals surface area (Å²) >= 11 is 1.25. The van der Waals surface area contributed by atoms with Gasteiger partial charge in [-0.15, -0.1) is 10.2 Å². The topological polar surface area (TPSA) is 119 Å². The molecular formula is C24H25N5O4S. The van der Waals surface area contributed by atoms with Crippen molar-refractivity contribution >= 4 is 34.3 Å². The van der Waals surface area contributed by atoms with E-state index in [2.05, 4.69) is 25.8 Å². The molecule has 1 unspecified atom stereocenters. The number of pyridine rings is 1. The molecule has 0 saturated carbocycles. The van der Waals surface area contributed by atoms with Gasteiger partial charge >= 0.3 is 6.09 Å². The van der Waals surface area contributed by atoms with Crippen LogP contribution in [-0.2, 0) is 22.5 Å². The van der Waals surface area contributed by atoms with Gasteiger partial charge in [-0.3, -0.25) is 9.78 Å². The molecule has 2 amide bonds. The molecule has 0 spiro atoms. The Bertz CT molecular complexity index is 1250. The van der Waals surface area contributed by atoms with E-state index in [1.54, 1.807) is 33.2 Å². The number of hydrogen-bond donors (Lipinski definition) is 2. The maximum absolute atomic E-state index is 12.9. The molecule has 0 radical (unpaired) electrons. The van der Waals surface area contributed by atoms with E-state index in [1.807, 2.05) is 42.5 Å². The van der Waals surface area contributed by atoms with Gasteiger partial charge in [0, 0.05) is 23.3 Å². The highest BCUT2D eigenvalue weighted by molar-refractivity contribution is 7.11. The number of nitrogens with zero attached hydrogens (tertiary/aromatic N) is 3. The van der Waals surface area contributed by atoms with Crippen molar-refractivity contribution < 1.29 is 18.7 Å². The third-order valence-corrected chi connectivity index (χ3v) is 5.58. The summed E-state index contributed by atoms with van der Waals surface area (Å²) in [6.07, 6.45) is 2.88. The first-order valence-electron chi connectivity index (χ1n) is 10.7. The quantitative estimate of drug-likeness (QED) is 0.409. The van der Waals surface area contributed by atoms with Crippen LogP contribution in [-0.4, -0.2) is 32.8 Å². The molecular weight excluding hydrogens is 454 g/mol. The van der Waals surface area contributed by atoms with Crippen LogP contribution in [0.4, 0.5) is 4.79 Å². The fourth-order valence-corrected chi connectivity index (χ4v) is 4.04. The maximum atomic E-state index is 12.9. The predicted molar refractivity (Wildman–Crippen MR) is 127 cm³/mol. The molecule has 0 saturated heterocycles. The molecule has 0 bridgehead atoms. The molecule has 176 valence electrons. The number of rotatable bonds is 7. The number of amides is 2. The van der Waals surface area contributed by atoms with Crippen LogP contribution < -0.4 is 10.6 Å². The van der Waals surface area contributed by atoms with Crippen LogP contribution in [0.1, 0.15) is 48.2 Å². The molecule has 9 nitrogen and oxygen atoms in total. The van der Waals surface area contributed by atoms with E-state index in [9.17, 15) is 9.59 Å². The smallest absolute Gasteiger partial charge is 0.408 e. The molecule has 0 fully saturated rings. The molecule has 0 aliphatic rings. The van der Waals surface area contributed by atoms with Gasteiger partial charge in [-0.25, -0.2) is 4.79 Å². The molecule has 0 aliphatic heterocycles. The lowest BCUT2D eigenvalue weighted by molar-refractivity contribution is -0.121. The van der Waals surface area contributed by atoms with E-state index in [4.69, 9.17) is 9.15 Å². The Morgan fingerprint density at radius 1 is 1.12 bits per heavy atom. The molecule has 3 aromatic heterocycles. The molecule has 1 atom stereocenters. The number of alkyl carbamates (subject to hydrolysis) is 1. The van der Waals surface area contributed by atoms with Gasteiger partial charge in [0.2, 0.25) is 5.91 Å². The molecule has 4 rings (SSSR count). The van der Waals surface area contributed by atoms with Crippen LogP contribution in [0.3, 0.4) is 0 Å². The molecule has 3 heterocycles. The number of carbonyl (C=O) groups is 2. The van der Waals surface area contributed by atoms with E-state index in [-0.39, 0.29) is 18.9 Å². The Hall–Kier alpha value is -3.79. The molecule has 10 heteroatoms. The van der Waals surface area contributed by atoms with E-state index in [0.29, 0.717) is 15.8 Å². The normalized spacial score (nSPS) is 12.3. The summed E-state index contributed by atoms with van der Waals surface area (Å²) in [4.78, 5) is 28.9. The molecule has 4 aromatic rings. The number of nitrogens with one attached hydrogen (secondary N) is 2. The zero-order chi connectivity index (χ0) is 24.1. The van der Waals surface area contributed by atoms with Gasteiger partial charge in [0.05, 0.1) is 13.0 Å². The van der Waals surface area contributed by atoms with Crippen molar-refractivity contribution in [2.45, 2.75) is 45.4 Å². The second-order valence-corrected chi connectivity index (χ2v) is 9.74. The highest BCUT2D eigenvalue weighted by atomic mass is 32.1. The Balaban J connectivity index is 1.42. The highest BCUT2D eigenvalue weighted by Crippen LogP contribution is 2.28. The molecule has 2 N–H and O–H groups in total. The Morgan fingerprint density at radius 3 is 2.65 bits per heavy atom. The summed E-state index contributed by atoms with van der Waals surface area (Å²) in [5.41, 5.74) is 0.959. The number of para-hydroxylation sites is 1. The summed E-state index contributed by atoms with van der Waals surface area (Å²) in [6.45, 7) is 5.54. The minimum atomic E-state index is -0.584. The number of fused-ring (bicyclic) bond motifs is 1. The lowest BCUT2D eigenvalue weighted by Crippen LogP contribution is -2.32. The van der Waals surface area contributed by atoms with Crippen molar-refractivity contribution in [3.8, 4) is 0 Å². The van der Waals surface area contributed by atoms with Crippen LogP contribution in [0.15, 0.2) is 59.3 Å². The SMILES string of the molecule is CC(C)(C)OC(=O)NCc1nnc(CC(=O)NC(c2cccnc2)c2cc3ccccc3o2)s1. The summed E-state index contributed by atoms with van der Waals surface area (Å²) < 4.78 is 11.2. The Labute approximate surface area is 200 Å². The molecule has 34 heavy (non-hydrogen) atoms. The van der Waals surface area contributed by atoms with Crippen molar-refractivity contribution in [1.82, 2.24) is 25.8 Å². The van der Waals surface area contributed by atoms with Crippen LogP contribution in [0, 0.1) is 0 Å². The van der Waals surface area contributed by atoms with E-state index < -0.39 is 17.7 Å². The van der Waals surface area contributed by atoms with Crippen molar-refractivity contribution in [2.75, 3.05) is 0 Å². The summed E-state index contributed by atoms with van der Waals surface area (Å²) in [6, 6.07) is 12.8. The largest absolute Gasteiger partial charge is 0.459 e. The average molecular weight is 480 g/mol. The lowest BCUT2D eigenvalue weighted by Gasteiger charge is -2.19. The van der Waals surface area contributed by atoms with Crippen LogP contribution in [0.2, 0.25) is 0 Å². The minimum Gasteiger partial charge on any atom is -0.459 e. The molecule has 1 aromatic carbocycles. The van der Waals surface area contributed by atoms with Gasteiger partial charge in [-0.1, -0.05) is 35.6 Å². The van der Waals surface area contributed by atoms with Gasteiger partial charge < -0.3 is 19.8 Å². The highest BCUT2D eigenvalue weighted by Gasteiger charge is 2.22. The number of benzene rings is 1. The van der Waals surface area contributed by atoms with Gasteiger partial charge in [-0.05, 0) is 39.0 Å². The number of carbonyl (C=O) groups excluding carboxylic acids is 2. The lowest BCUT2D eigenvalue weighted by atomic mass is 10.1. The second-order valence-electron chi connectivity index (χ2n) is 8.60. The van der Waals surface area contributed by atoms with Gasteiger partial charge in [0.25, 0.3) is 0 Å². The maximum Gasteiger partial charge on any atom is 0.408 e. The van der Waals surface area contributed by atoms with Gasteiger partial charge in [0.15, 0.2) is 0 Å². The fraction of sp³-hybridized carbons (Fsp3) is 0.292. The monoisotopic (exact) mass is 479 g/mol. The van der Waals surface area contributed by atoms with Crippen molar-refractivity contribution in [3.63, 3.8) is 0 Å². The minimum absolute atomic E-state index is 0.0428. The summed E-state index contributed by atoms with van der Waals surface area (Å²) in [5.74, 6) is 0.374. The van der Waals surface area contributed by atoms with E-state index in [1.165, 1.54) is 11.3 Å². The third-order valence-electron chi connectivity index (χ3n) is 4.66. The number of hydrogen-bond acceptors (Lipinski definition) is 8. The fourth-order valence-electron chi connectivity index (χ4n) is 3.25. The van der Waals surface area contributed by atoms with E-state index >= 15 is 0 Å². The number of aromatic nitrogens is 3. The Morgan fingerprint density at radius 2 is 1.91 bits per heavy atom. The predicted octanol–water partition coefficient (Wildman–Crippen LogP) is 4.15. The third kappa shape index (κ3) is 6.16. The van der Waals surface area contributed by atoms with Crippen LogP contribution >= 0.6 is 11.3 Å². The standard InChI is InChI=1S/C24H25N5O4S/c1-24(2,3)33-23(31)26-14-21-29-28-20(34-21)12-19(30)27-22(16-8-6-10-25-13-16)18-11-15-7-4-5-9-17(15)32-18/h4-11,13,22H,12,14H2,1-3H3,(H,26,31)(H,27,30). The van der Waals surface area contributed by atoms with Crippen LogP contribution in [0.5, 0.6) is 0 Å². The Kier molecular flexibility index (Phi) is 6.87.